The van der Waals surface area contributed by atoms with Gasteiger partial charge < -0.3 is 14.8 Å². The molecule has 2 atom stereocenters. The first kappa shape index (κ1) is 18.4. The third-order valence-electron chi connectivity index (χ3n) is 5.29. The number of benzene rings is 1. The highest BCUT2D eigenvalue weighted by atomic mass is 16.5. The summed E-state index contributed by atoms with van der Waals surface area (Å²) >= 11 is 0. The molecule has 0 bridgehead atoms. The molecule has 1 fully saturated rings. The van der Waals surface area contributed by atoms with E-state index in [2.05, 4.69) is 15.3 Å². The number of rotatable bonds is 4. The van der Waals surface area contributed by atoms with E-state index < -0.39 is 11.6 Å². The van der Waals surface area contributed by atoms with Crippen molar-refractivity contribution in [1.82, 2.24) is 15.3 Å². The van der Waals surface area contributed by atoms with Crippen LogP contribution in [-0.2, 0) is 22.6 Å². The fourth-order valence-corrected chi connectivity index (χ4v) is 3.39. The van der Waals surface area contributed by atoms with Crippen molar-refractivity contribution in [2.24, 2.45) is 0 Å². The highest BCUT2D eigenvalue weighted by molar-refractivity contribution is 6.23. The van der Waals surface area contributed by atoms with E-state index in [9.17, 15) is 9.59 Å². The minimum atomic E-state index is -0.909. The maximum Gasteiger partial charge on any atom is 0.329 e. The summed E-state index contributed by atoms with van der Waals surface area (Å²) < 4.78 is 11.5. The van der Waals surface area contributed by atoms with E-state index in [1.54, 1.807) is 6.92 Å². The molecule has 0 aliphatic carbocycles. The van der Waals surface area contributed by atoms with E-state index in [0.717, 1.165) is 22.4 Å². The van der Waals surface area contributed by atoms with Crippen molar-refractivity contribution in [3.05, 3.63) is 41.7 Å². The number of aromatic nitrogens is 2. The van der Waals surface area contributed by atoms with E-state index in [-0.39, 0.29) is 18.0 Å². The lowest BCUT2D eigenvalue weighted by atomic mass is 9.99. The van der Waals surface area contributed by atoms with Gasteiger partial charge in [0.15, 0.2) is 0 Å². The topological polar surface area (TPSA) is 93.7 Å². The zero-order valence-electron chi connectivity index (χ0n) is 16.1. The van der Waals surface area contributed by atoms with Gasteiger partial charge >= 0.3 is 12.0 Å². The van der Waals surface area contributed by atoms with Gasteiger partial charge in [-0.05, 0) is 31.9 Å². The van der Waals surface area contributed by atoms with Crippen molar-refractivity contribution in [2.75, 3.05) is 4.90 Å². The first-order valence-electron chi connectivity index (χ1n) is 9.30. The highest BCUT2D eigenvalue weighted by Crippen LogP contribution is 2.32. The predicted octanol–water partition coefficient (Wildman–Crippen LogP) is 2.96. The summed E-state index contributed by atoms with van der Waals surface area (Å²) in [6.07, 6.45) is 4.21. The summed E-state index contributed by atoms with van der Waals surface area (Å²) in [6, 6.07) is 5.47. The number of imide groups is 1. The summed E-state index contributed by atoms with van der Waals surface area (Å²) in [5.41, 5.74) is 1.57. The average molecular weight is 382 g/mol. The number of ether oxygens (including phenoxy) is 2. The lowest BCUT2D eigenvalue weighted by Crippen LogP contribution is -2.43. The predicted molar refractivity (Wildman–Crippen MR) is 101 cm³/mol. The highest BCUT2D eigenvalue weighted by Gasteiger charge is 2.47. The van der Waals surface area contributed by atoms with E-state index in [1.165, 1.54) is 12.4 Å². The third kappa shape index (κ3) is 3.09. The van der Waals surface area contributed by atoms with Crippen molar-refractivity contribution in [3.8, 4) is 11.8 Å². The molecular weight excluding hydrogens is 360 g/mol. The molecule has 2 aliphatic heterocycles. The average Bonchev–Trinajstić information content (AvgIpc) is 2.92. The SMILES string of the molecule is CC[C@@]1(C)NC(=O)N(c2cnc(Oc3cccc4c3C[C@H](C)OC4)nc2)C1=O. The van der Waals surface area contributed by atoms with Crippen LogP contribution in [0.15, 0.2) is 30.6 Å². The van der Waals surface area contributed by atoms with Gasteiger partial charge in [-0.1, -0.05) is 19.1 Å². The minimum absolute atomic E-state index is 0.119. The molecule has 4 rings (SSSR count). The molecule has 0 saturated carbocycles. The molecule has 3 amide bonds. The molecule has 1 aromatic carbocycles. The quantitative estimate of drug-likeness (QED) is 0.817. The summed E-state index contributed by atoms with van der Waals surface area (Å²) in [6.45, 7) is 6.12. The first-order valence-corrected chi connectivity index (χ1v) is 9.30. The van der Waals surface area contributed by atoms with Crippen molar-refractivity contribution >= 4 is 17.6 Å². The van der Waals surface area contributed by atoms with Crippen LogP contribution in [0.3, 0.4) is 0 Å². The second-order valence-electron chi connectivity index (χ2n) is 7.30. The van der Waals surface area contributed by atoms with Crippen LogP contribution in [0.1, 0.15) is 38.3 Å². The molecule has 0 unspecified atom stereocenters. The number of hydrogen-bond acceptors (Lipinski definition) is 6. The van der Waals surface area contributed by atoms with Crippen LogP contribution in [0.2, 0.25) is 0 Å². The Morgan fingerprint density at radius 2 is 2.07 bits per heavy atom. The first-order chi connectivity index (χ1) is 13.4. The summed E-state index contributed by atoms with van der Waals surface area (Å²) in [7, 11) is 0. The van der Waals surface area contributed by atoms with E-state index in [4.69, 9.17) is 9.47 Å². The molecular formula is C20H22N4O4. The van der Waals surface area contributed by atoms with Gasteiger partial charge in [-0.25, -0.2) is 19.7 Å². The maximum atomic E-state index is 12.6. The zero-order valence-corrected chi connectivity index (χ0v) is 16.1. The maximum absolute atomic E-state index is 12.6. The zero-order chi connectivity index (χ0) is 19.9. The molecule has 1 N–H and O–H groups in total. The Morgan fingerprint density at radius 3 is 2.75 bits per heavy atom. The monoisotopic (exact) mass is 382 g/mol. The molecule has 1 aromatic heterocycles. The Hall–Kier alpha value is -3.00. The summed E-state index contributed by atoms with van der Waals surface area (Å²) in [5.74, 6) is 0.373. The van der Waals surface area contributed by atoms with Crippen molar-refractivity contribution < 1.29 is 19.1 Å². The van der Waals surface area contributed by atoms with Crippen LogP contribution < -0.4 is 15.0 Å². The molecule has 3 heterocycles. The van der Waals surface area contributed by atoms with E-state index in [0.29, 0.717) is 24.5 Å². The molecule has 0 radical (unpaired) electrons. The number of carbonyl (C=O) groups excluding carboxylic acids is 2. The standard InChI is InChI=1S/C20H22N4O4/c1-4-20(3)17(25)24(19(26)23-20)14-9-21-18(22-10-14)28-16-7-5-6-13-11-27-12(2)8-15(13)16/h5-7,9-10,12H,4,8,11H2,1-3H3,(H,23,26)/t12-,20+/m0/s1. The molecule has 146 valence electrons. The fourth-order valence-electron chi connectivity index (χ4n) is 3.39. The summed E-state index contributed by atoms with van der Waals surface area (Å²) in [5, 5.41) is 2.71. The number of nitrogens with zero attached hydrogens (tertiary/aromatic N) is 3. The lowest BCUT2D eigenvalue weighted by Gasteiger charge is -2.24. The Labute approximate surface area is 162 Å². The van der Waals surface area contributed by atoms with Gasteiger partial charge in [0.05, 0.1) is 30.8 Å². The number of hydrogen-bond donors (Lipinski definition) is 1. The molecule has 8 heteroatoms. The largest absolute Gasteiger partial charge is 0.424 e. The normalized spacial score (nSPS) is 24.1. The number of anilines is 1. The van der Waals surface area contributed by atoms with Crippen LogP contribution in [-0.4, -0.2) is 33.5 Å². The van der Waals surface area contributed by atoms with Crippen LogP contribution in [0.5, 0.6) is 11.8 Å². The van der Waals surface area contributed by atoms with Crippen molar-refractivity contribution in [2.45, 2.75) is 51.9 Å². The Kier molecular flexibility index (Phi) is 4.50. The van der Waals surface area contributed by atoms with Crippen LogP contribution in [0, 0.1) is 0 Å². The second kappa shape index (κ2) is 6.87. The molecule has 2 aromatic rings. The van der Waals surface area contributed by atoms with Gasteiger partial charge in [-0.3, -0.25) is 4.79 Å². The van der Waals surface area contributed by atoms with Gasteiger partial charge in [-0.15, -0.1) is 0 Å². The Morgan fingerprint density at radius 1 is 1.32 bits per heavy atom. The van der Waals surface area contributed by atoms with Crippen molar-refractivity contribution in [1.29, 1.82) is 0 Å². The lowest BCUT2D eigenvalue weighted by molar-refractivity contribution is -0.121. The third-order valence-corrected chi connectivity index (χ3v) is 5.29. The number of carbonyl (C=O) groups is 2. The van der Waals surface area contributed by atoms with Gasteiger partial charge in [0, 0.05) is 12.0 Å². The molecule has 8 nitrogen and oxygen atoms in total. The minimum Gasteiger partial charge on any atom is -0.424 e. The number of urea groups is 1. The Bertz CT molecular complexity index is 930. The number of nitrogens with one attached hydrogen (secondary N) is 1. The number of fused-ring (bicyclic) bond motifs is 1. The summed E-state index contributed by atoms with van der Waals surface area (Å²) in [4.78, 5) is 34.2. The molecule has 0 spiro atoms. The van der Waals surface area contributed by atoms with Crippen LogP contribution in [0.4, 0.5) is 10.5 Å². The number of amides is 3. The molecule has 28 heavy (non-hydrogen) atoms. The fraction of sp³-hybridized carbons (Fsp3) is 0.400. The van der Waals surface area contributed by atoms with Crippen LogP contribution in [0.25, 0.3) is 0 Å². The molecule has 2 aliphatic rings. The second-order valence-corrected chi connectivity index (χ2v) is 7.30. The van der Waals surface area contributed by atoms with Gasteiger partial charge in [0.1, 0.15) is 11.3 Å². The van der Waals surface area contributed by atoms with Crippen molar-refractivity contribution in [3.63, 3.8) is 0 Å². The van der Waals surface area contributed by atoms with Crippen LogP contribution >= 0.6 is 0 Å². The van der Waals surface area contributed by atoms with Gasteiger partial charge in [0.2, 0.25) is 0 Å². The van der Waals surface area contributed by atoms with E-state index in [1.807, 2.05) is 32.0 Å². The van der Waals surface area contributed by atoms with Gasteiger partial charge in [0.25, 0.3) is 5.91 Å². The molecule has 1 saturated heterocycles. The Balaban J connectivity index is 1.56. The smallest absolute Gasteiger partial charge is 0.329 e. The van der Waals surface area contributed by atoms with E-state index >= 15 is 0 Å². The van der Waals surface area contributed by atoms with Gasteiger partial charge in [-0.2, -0.15) is 0 Å².